The Morgan fingerprint density at radius 3 is 2.67 bits per heavy atom. The zero-order chi connectivity index (χ0) is 22.0. The highest BCUT2D eigenvalue weighted by atomic mass is 79.9. The fourth-order valence-electron chi connectivity index (χ4n) is 2.90. The molecule has 6 nitrogen and oxygen atoms in total. The summed E-state index contributed by atoms with van der Waals surface area (Å²) in [6.07, 6.45) is 1.55. The first kappa shape index (κ1) is 22.8. The first-order chi connectivity index (χ1) is 14.3. The highest BCUT2D eigenvalue weighted by molar-refractivity contribution is 9.10. The summed E-state index contributed by atoms with van der Waals surface area (Å²) in [7, 11) is 1.54. The molecule has 0 amide bonds. The summed E-state index contributed by atoms with van der Waals surface area (Å²) < 4.78 is 13.7. The molecule has 1 heterocycles. The largest absolute Gasteiger partial charge is 0.493 e. The summed E-state index contributed by atoms with van der Waals surface area (Å²) in [6.45, 7) is 6.24. The van der Waals surface area contributed by atoms with Crippen molar-refractivity contribution in [2.24, 2.45) is 5.10 Å². The van der Waals surface area contributed by atoms with Crippen molar-refractivity contribution in [3.63, 3.8) is 0 Å². The van der Waals surface area contributed by atoms with Crippen molar-refractivity contribution in [2.45, 2.75) is 26.7 Å². The molecule has 0 aliphatic carbocycles. The molecule has 1 aromatic heterocycles. The summed E-state index contributed by atoms with van der Waals surface area (Å²) in [4.78, 5) is 17.8. The fraction of sp³-hybridized carbons (Fsp3) is 0.286. The normalized spacial score (nSPS) is 11.6. The SMILES string of the molecule is CCOc1c(OC)cc(C=Nn2c(C(C)C)nc3ccc(Br)cc3c2=O)c(Br)c1Cl. The van der Waals surface area contributed by atoms with Gasteiger partial charge in [0.2, 0.25) is 0 Å². The van der Waals surface area contributed by atoms with Crippen LogP contribution in [0.5, 0.6) is 11.5 Å². The Morgan fingerprint density at radius 2 is 2.03 bits per heavy atom. The van der Waals surface area contributed by atoms with Gasteiger partial charge in [-0.15, -0.1) is 0 Å². The van der Waals surface area contributed by atoms with Crippen LogP contribution in [0.25, 0.3) is 10.9 Å². The molecule has 0 aliphatic heterocycles. The molecule has 0 N–H and O–H groups in total. The minimum absolute atomic E-state index is 0.00945. The van der Waals surface area contributed by atoms with Gasteiger partial charge >= 0.3 is 0 Å². The first-order valence-electron chi connectivity index (χ1n) is 9.23. The number of hydrogen-bond donors (Lipinski definition) is 0. The third-order valence-electron chi connectivity index (χ3n) is 4.33. The van der Waals surface area contributed by atoms with Crippen molar-refractivity contribution in [1.82, 2.24) is 9.66 Å². The van der Waals surface area contributed by atoms with E-state index in [4.69, 9.17) is 21.1 Å². The van der Waals surface area contributed by atoms with E-state index >= 15 is 0 Å². The molecule has 2 aromatic carbocycles. The number of ether oxygens (including phenoxy) is 2. The Hall–Kier alpha value is -1.90. The smallest absolute Gasteiger partial charge is 0.282 e. The number of aromatic nitrogens is 2. The minimum Gasteiger partial charge on any atom is -0.493 e. The quantitative estimate of drug-likeness (QED) is 0.350. The molecule has 0 bridgehead atoms. The Balaban J connectivity index is 2.19. The highest BCUT2D eigenvalue weighted by Crippen LogP contribution is 2.42. The second-order valence-corrected chi connectivity index (χ2v) is 8.79. The van der Waals surface area contributed by atoms with E-state index in [0.717, 1.165) is 4.47 Å². The second-order valence-electron chi connectivity index (χ2n) is 6.71. The molecular weight excluding hydrogens is 538 g/mol. The van der Waals surface area contributed by atoms with Gasteiger partial charge in [-0.2, -0.15) is 9.78 Å². The average molecular weight is 558 g/mol. The topological polar surface area (TPSA) is 65.7 Å². The number of rotatable bonds is 6. The molecule has 9 heteroatoms. The van der Waals surface area contributed by atoms with E-state index in [1.807, 2.05) is 32.9 Å². The summed E-state index contributed by atoms with van der Waals surface area (Å²) in [5.74, 6) is 1.47. The number of nitrogens with zero attached hydrogens (tertiary/aromatic N) is 3. The molecule has 0 fully saturated rings. The Kier molecular flexibility index (Phi) is 7.21. The van der Waals surface area contributed by atoms with E-state index in [9.17, 15) is 4.79 Å². The van der Waals surface area contributed by atoms with Crippen molar-refractivity contribution in [3.8, 4) is 11.5 Å². The van der Waals surface area contributed by atoms with Gasteiger partial charge in [-0.05, 0) is 47.1 Å². The zero-order valence-electron chi connectivity index (χ0n) is 16.9. The predicted octanol–water partition coefficient (Wildman–Crippen LogP) is 5.99. The summed E-state index contributed by atoms with van der Waals surface area (Å²) in [5.41, 5.74) is 1.02. The van der Waals surface area contributed by atoms with Gasteiger partial charge in [0.15, 0.2) is 11.5 Å². The molecular formula is C21H20Br2ClN3O3. The van der Waals surface area contributed by atoms with E-state index in [2.05, 4.69) is 41.9 Å². The zero-order valence-corrected chi connectivity index (χ0v) is 20.8. The van der Waals surface area contributed by atoms with Crippen molar-refractivity contribution >= 4 is 60.6 Å². The van der Waals surface area contributed by atoms with E-state index in [-0.39, 0.29) is 11.5 Å². The molecule has 0 saturated carbocycles. The van der Waals surface area contributed by atoms with Crippen LogP contribution in [0, 0.1) is 0 Å². The van der Waals surface area contributed by atoms with Crippen LogP contribution in [0.4, 0.5) is 0 Å². The van der Waals surface area contributed by atoms with Crippen LogP contribution in [-0.4, -0.2) is 29.6 Å². The number of methoxy groups -OCH3 is 1. The summed E-state index contributed by atoms with van der Waals surface area (Å²) in [5, 5.41) is 5.30. The lowest BCUT2D eigenvalue weighted by Crippen LogP contribution is -2.23. The summed E-state index contributed by atoms with van der Waals surface area (Å²) >= 11 is 13.3. The predicted molar refractivity (Wildman–Crippen MR) is 128 cm³/mol. The third kappa shape index (κ3) is 4.40. The van der Waals surface area contributed by atoms with Gasteiger partial charge in [0.1, 0.15) is 10.8 Å². The van der Waals surface area contributed by atoms with Crippen LogP contribution in [0.2, 0.25) is 5.02 Å². The molecule has 0 aliphatic rings. The van der Waals surface area contributed by atoms with Gasteiger partial charge < -0.3 is 9.47 Å². The van der Waals surface area contributed by atoms with E-state index in [0.29, 0.717) is 49.9 Å². The third-order valence-corrected chi connectivity index (χ3v) is 6.26. The van der Waals surface area contributed by atoms with Crippen molar-refractivity contribution in [3.05, 3.63) is 60.0 Å². The Bertz CT molecular complexity index is 1190. The highest BCUT2D eigenvalue weighted by Gasteiger charge is 2.17. The maximum Gasteiger partial charge on any atom is 0.282 e. The monoisotopic (exact) mass is 555 g/mol. The molecule has 158 valence electrons. The Morgan fingerprint density at radius 1 is 1.30 bits per heavy atom. The molecule has 0 unspecified atom stereocenters. The Labute approximate surface area is 196 Å². The van der Waals surface area contributed by atoms with Gasteiger partial charge in [-0.1, -0.05) is 41.4 Å². The van der Waals surface area contributed by atoms with Gasteiger partial charge in [0, 0.05) is 20.4 Å². The molecule has 3 aromatic rings. The van der Waals surface area contributed by atoms with Crippen LogP contribution in [0.3, 0.4) is 0 Å². The molecule has 30 heavy (non-hydrogen) atoms. The van der Waals surface area contributed by atoms with Crippen LogP contribution in [0.15, 0.2) is 43.1 Å². The maximum absolute atomic E-state index is 13.1. The lowest BCUT2D eigenvalue weighted by Gasteiger charge is -2.14. The van der Waals surface area contributed by atoms with Gasteiger partial charge in [0.25, 0.3) is 5.56 Å². The molecule has 0 atom stereocenters. The van der Waals surface area contributed by atoms with Crippen molar-refractivity contribution < 1.29 is 9.47 Å². The maximum atomic E-state index is 13.1. The second kappa shape index (κ2) is 9.49. The molecule has 0 spiro atoms. The van der Waals surface area contributed by atoms with Crippen molar-refractivity contribution in [2.75, 3.05) is 13.7 Å². The van der Waals surface area contributed by atoms with Crippen LogP contribution in [-0.2, 0) is 0 Å². The van der Waals surface area contributed by atoms with Gasteiger partial charge in [-0.25, -0.2) is 4.98 Å². The molecule has 0 radical (unpaired) electrons. The van der Waals surface area contributed by atoms with E-state index < -0.39 is 0 Å². The van der Waals surface area contributed by atoms with Crippen molar-refractivity contribution in [1.29, 1.82) is 0 Å². The number of hydrogen-bond acceptors (Lipinski definition) is 5. The van der Waals surface area contributed by atoms with Crippen LogP contribution >= 0.6 is 43.5 Å². The number of benzene rings is 2. The first-order valence-corrected chi connectivity index (χ1v) is 11.2. The van der Waals surface area contributed by atoms with E-state index in [1.165, 1.54) is 11.8 Å². The van der Waals surface area contributed by atoms with Gasteiger partial charge in [0.05, 0.1) is 30.8 Å². The molecule has 0 saturated heterocycles. The van der Waals surface area contributed by atoms with Gasteiger partial charge in [-0.3, -0.25) is 4.79 Å². The number of halogens is 3. The average Bonchev–Trinajstić information content (AvgIpc) is 2.72. The van der Waals surface area contributed by atoms with E-state index in [1.54, 1.807) is 18.3 Å². The number of fused-ring (bicyclic) bond motifs is 1. The van der Waals surface area contributed by atoms with Crippen LogP contribution < -0.4 is 15.0 Å². The minimum atomic E-state index is -0.249. The lowest BCUT2D eigenvalue weighted by atomic mass is 10.2. The summed E-state index contributed by atoms with van der Waals surface area (Å²) in [6, 6.07) is 7.16. The van der Waals surface area contributed by atoms with Crippen LogP contribution in [0.1, 0.15) is 38.1 Å². The fourth-order valence-corrected chi connectivity index (χ4v) is 3.92. The molecule has 3 rings (SSSR count). The lowest BCUT2D eigenvalue weighted by molar-refractivity contribution is 0.311. The standard InChI is InChI=1S/C21H20Br2ClN3O3/c1-5-30-19-16(29-4)8-12(17(23)18(19)24)10-25-27-20(11(2)3)26-15-7-6-13(22)9-14(15)21(27)28/h6-11H,5H2,1-4H3.